The summed E-state index contributed by atoms with van der Waals surface area (Å²) in [4.78, 5) is 10.8. The van der Waals surface area contributed by atoms with E-state index < -0.39 is 17.8 Å². The van der Waals surface area contributed by atoms with Crippen LogP contribution in [0.15, 0.2) is 18.2 Å². The molecule has 1 aliphatic heterocycles. The first-order valence-electron chi connectivity index (χ1n) is 6.57. The van der Waals surface area contributed by atoms with Crippen LogP contribution in [0.5, 0.6) is 11.5 Å². The number of carboxylic acid groups (broad SMARTS) is 1. The molecule has 102 valence electrons. The Morgan fingerprint density at radius 1 is 1.32 bits per heavy atom. The van der Waals surface area contributed by atoms with Gasteiger partial charge < -0.3 is 20.3 Å². The van der Waals surface area contributed by atoms with E-state index in [1.807, 2.05) is 18.2 Å². The summed E-state index contributed by atoms with van der Waals surface area (Å²) in [6.45, 7) is 0. The lowest BCUT2D eigenvalue weighted by molar-refractivity contribution is -0.138. The summed E-state index contributed by atoms with van der Waals surface area (Å²) in [6, 6.07) is 4.64. The van der Waals surface area contributed by atoms with Gasteiger partial charge in [-0.25, -0.2) is 0 Å². The Kier molecular flexibility index (Phi) is 2.86. The summed E-state index contributed by atoms with van der Waals surface area (Å²) in [7, 11) is 0. The van der Waals surface area contributed by atoms with Crippen molar-refractivity contribution in [1.82, 2.24) is 0 Å². The van der Waals surface area contributed by atoms with E-state index in [2.05, 4.69) is 0 Å². The van der Waals surface area contributed by atoms with E-state index in [1.165, 1.54) is 0 Å². The molecule has 0 saturated heterocycles. The summed E-state index contributed by atoms with van der Waals surface area (Å²) in [5.41, 5.74) is 6.39. The van der Waals surface area contributed by atoms with Crippen LogP contribution in [-0.4, -0.2) is 22.9 Å². The number of aliphatic carboxylic acids is 1. The Morgan fingerprint density at radius 3 is 2.68 bits per heavy atom. The molecule has 5 heteroatoms. The number of benzene rings is 1. The van der Waals surface area contributed by atoms with E-state index >= 15 is 0 Å². The van der Waals surface area contributed by atoms with Gasteiger partial charge in [-0.1, -0.05) is 6.07 Å². The van der Waals surface area contributed by atoms with Crippen LogP contribution in [0.2, 0.25) is 0 Å². The molecule has 3 N–H and O–H groups in total. The molecule has 3 rings (SSSR count). The average molecular weight is 263 g/mol. The van der Waals surface area contributed by atoms with E-state index in [-0.39, 0.29) is 0 Å². The Balaban J connectivity index is 1.77. The monoisotopic (exact) mass is 263 g/mol. The molecule has 1 unspecified atom stereocenters. The highest BCUT2D eigenvalue weighted by Gasteiger charge is 2.44. The number of hydrogen-bond acceptors (Lipinski definition) is 4. The van der Waals surface area contributed by atoms with Crippen molar-refractivity contribution >= 4 is 5.97 Å². The van der Waals surface area contributed by atoms with Crippen molar-refractivity contribution in [2.24, 2.45) is 5.73 Å². The van der Waals surface area contributed by atoms with Gasteiger partial charge in [0.05, 0.1) is 0 Å². The highest BCUT2D eigenvalue weighted by atomic mass is 16.7. The third-order valence-electron chi connectivity index (χ3n) is 3.74. The van der Waals surface area contributed by atoms with Crippen LogP contribution >= 0.6 is 0 Å². The van der Waals surface area contributed by atoms with E-state index in [4.69, 9.17) is 20.3 Å². The lowest BCUT2D eigenvalue weighted by atomic mass is 10.1. The van der Waals surface area contributed by atoms with Crippen molar-refractivity contribution in [2.45, 2.75) is 43.9 Å². The molecule has 1 heterocycles. The van der Waals surface area contributed by atoms with Crippen LogP contribution in [0.25, 0.3) is 0 Å². The van der Waals surface area contributed by atoms with E-state index in [0.717, 1.165) is 37.0 Å². The molecule has 1 aromatic carbocycles. The van der Waals surface area contributed by atoms with Gasteiger partial charge in [0, 0.05) is 12.8 Å². The molecule has 1 saturated carbocycles. The molecule has 1 atom stereocenters. The first kappa shape index (κ1) is 12.3. The highest BCUT2D eigenvalue weighted by molar-refractivity contribution is 5.73. The first-order valence-corrected chi connectivity index (χ1v) is 6.57. The molecule has 5 nitrogen and oxygen atoms in total. The van der Waals surface area contributed by atoms with E-state index in [1.54, 1.807) is 0 Å². The summed E-state index contributed by atoms with van der Waals surface area (Å²) in [5.74, 6) is -0.0213. The van der Waals surface area contributed by atoms with Gasteiger partial charge in [0.2, 0.25) is 0 Å². The minimum Gasteiger partial charge on any atom is -0.480 e. The second kappa shape index (κ2) is 4.42. The third kappa shape index (κ3) is 2.26. The zero-order chi connectivity index (χ0) is 13.5. The Labute approximate surface area is 111 Å². The van der Waals surface area contributed by atoms with Crippen LogP contribution in [0, 0.1) is 0 Å². The molecule has 0 aromatic heterocycles. The summed E-state index contributed by atoms with van der Waals surface area (Å²) in [6.07, 6.45) is 4.34. The number of ether oxygens (including phenoxy) is 2. The fourth-order valence-electron chi connectivity index (χ4n) is 2.72. The van der Waals surface area contributed by atoms with Gasteiger partial charge in [0.15, 0.2) is 11.5 Å². The van der Waals surface area contributed by atoms with Gasteiger partial charge in [0.25, 0.3) is 5.79 Å². The quantitative estimate of drug-likeness (QED) is 0.867. The zero-order valence-electron chi connectivity index (χ0n) is 10.6. The standard InChI is InChI=1S/C14H17NO4/c15-10(13(16)17)7-9-3-4-11-12(8-9)19-14(18-11)5-1-2-6-14/h3-4,8,10H,1-2,5-7,15H2,(H,16,17). The van der Waals surface area contributed by atoms with Crippen LogP contribution in [0.3, 0.4) is 0 Å². The molecule has 1 aliphatic carbocycles. The Morgan fingerprint density at radius 2 is 2.00 bits per heavy atom. The summed E-state index contributed by atoms with van der Waals surface area (Å²) < 4.78 is 11.8. The summed E-state index contributed by atoms with van der Waals surface area (Å²) >= 11 is 0. The van der Waals surface area contributed by atoms with Crippen molar-refractivity contribution in [1.29, 1.82) is 0 Å². The maximum absolute atomic E-state index is 10.8. The number of rotatable bonds is 3. The predicted molar refractivity (Wildman–Crippen MR) is 68.2 cm³/mol. The Bertz CT molecular complexity index is 508. The molecule has 1 fully saturated rings. The second-order valence-corrected chi connectivity index (χ2v) is 5.25. The van der Waals surface area contributed by atoms with E-state index in [9.17, 15) is 4.79 Å². The predicted octanol–water partition coefficient (Wildman–Crippen LogP) is 1.68. The number of carbonyl (C=O) groups is 1. The lowest BCUT2D eigenvalue weighted by Gasteiger charge is -2.21. The molecule has 19 heavy (non-hydrogen) atoms. The molecular formula is C14H17NO4. The first-order chi connectivity index (χ1) is 9.08. The van der Waals surface area contributed by atoms with Crippen LogP contribution in [-0.2, 0) is 11.2 Å². The number of nitrogens with two attached hydrogens (primary N) is 1. The second-order valence-electron chi connectivity index (χ2n) is 5.25. The smallest absolute Gasteiger partial charge is 0.320 e. The molecule has 0 bridgehead atoms. The van der Waals surface area contributed by atoms with Crippen molar-refractivity contribution in [3.05, 3.63) is 23.8 Å². The highest BCUT2D eigenvalue weighted by Crippen LogP contribution is 2.46. The molecule has 0 amide bonds. The molecule has 2 aliphatic rings. The van der Waals surface area contributed by atoms with Gasteiger partial charge in [-0.3, -0.25) is 4.79 Å². The number of fused-ring (bicyclic) bond motifs is 1. The van der Waals surface area contributed by atoms with Crippen molar-refractivity contribution in [3.63, 3.8) is 0 Å². The molecule has 1 spiro atoms. The van der Waals surface area contributed by atoms with Gasteiger partial charge in [0.1, 0.15) is 6.04 Å². The van der Waals surface area contributed by atoms with Gasteiger partial charge in [-0.2, -0.15) is 0 Å². The van der Waals surface area contributed by atoms with Crippen LogP contribution in [0.1, 0.15) is 31.2 Å². The fourth-order valence-corrected chi connectivity index (χ4v) is 2.72. The molecule has 0 radical (unpaired) electrons. The summed E-state index contributed by atoms with van der Waals surface area (Å²) in [5, 5.41) is 8.82. The van der Waals surface area contributed by atoms with E-state index in [0.29, 0.717) is 12.2 Å². The molecule has 1 aromatic rings. The number of carboxylic acids is 1. The average Bonchev–Trinajstić information content (AvgIpc) is 2.95. The third-order valence-corrected chi connectivity index (χ3v) is 3.74. The largest absolute Gasteiger partial charge is 0.480 e. The minimum absolute atomic E-state index is 0.291. The number of hydrogen-bond donors (Lipinski definition) is 2. The van der Waals surface area contributed by atoms with Crippen molar-refractivity contribution in [2.75, 3.05) is 0 Å². The van der Waals surface area contributed by atoms with Crippen LogP contribution < -0.4 is 15.2 Å². The molecular weight excluding hydrogens is 246 g/mol. The van der Waals surface area contributed by atoms with Gasteiger partial charge in [-0.15, -0.1) is 0 Å². The zero-order valence-corrected chi connectivity index (χ0v) is 10.6. The fraction of sp³-hybridized carbons (Fsp3) is 0.500. The maximum Gasteiger partial charge on any atom is 0.320 e. The van der Waals surface area contributed by atoms with Gasteiger partial charge >= 0.3 is 5.97 Å². The normalized spacial score (nSPS) is 20.7. The SMILES string of the molecule is NC(Cc1ccc2c(c1)OC1(CCCC1)O2)C(=O)O. The van der Waals surface area contributed by atoms with Crippen LogP contribution in [0.4, 0.5) is 0 Å². The maximum atomic E-state index is 10.8. The van der Waals surface area contributed by atoms with Crippen molar-refractivity contribution in [3.8, 4) is 11.5 Å². The van der Waals surface area contributed by atoms with Gasteiger partial charge in [-0.05, 0) is 37.0 Å². The van der Waals surface area contributed by atoms with Crippen molar-refractivity contribution < 1.29 is 19.4 Å². The lowest BCUT2D eigenvalue weighted by Crippen LogP contribution is -2.34. The topological polar surface area (TPSA) is 81.8 Å². The minimum atomic E-state index is -0.995. The Hall–Kier alpha value is -1.75.